The van der Waals surface area contributed by atoms with Gasteiger partial charge in [0.2, 0.25) is 0 Å². The van der Waals surface area contributed by atoms with Gasteiger partial charge in [-0.1, -0.05) is 0 Å². The number of nitrogens with one attached hydrogen (secondary N) is 1. The van der Waals surface area contributed by atoms with Crippen LogP contribution in [0.2, 0.25) is 0 Å². The van der Waals surface area contributed by atoms with Crippen LogP contribution in [0.1, 0.15) is 11.8 Å². The summed E-state index contributed by atoms with van der Waals surface area (Å²) in [5.74, 6) is 2.12. The van der Waals surface area contributed by atoms with Crippen LogP contribution in [0.4, 0.5) is 5.82 Å². The van der Waals surface area contributed by atoms with Crippen LogP contribution in [0.15, 0.2) is 12.7 Å². The summed E-state index contributed by atoms with van der Waals surface area (Å²) in [5.41, 5.74) is 1.65. The predicted octanol–water partition coefficient (Wildman–Crippen LogP) is 1.11. The molecule has 1 aliphatic rings. The summed E-state index contributed by atoms with van der Waals surface area (Å²) >= 11 is 1.84. The summed E-state index contributed by atoms with van der Waals surface area (Å²) in [5, 5.41) is 12.5. The molecule has 0 aromatic carbocycles. The molecule has 7 heteroatoms. The fourth-order valence-corrected chi connectivity index (χ4v) is 3.69. The molecular weight excluding hydrogens is 250 g/mol. The molecule has 1 fully saturated rings. The summed E-state index contributed by atoms with van der Waals surface area (Å²) in [6.07, 6.45) is 4.33. The Bertz CT molecular complexity index is 557. The van der Waals surface area contributed by atoms with Gasteiger partial charge in [0.25, 0.3) is 0 Å². The lowest BCUT2D eigenvalue weighted by Gasteiger charge is -2.11. The molecule has 96 valence electrons. The summed E-state index contributed by atoms with van der Waals surface area (Å²) in [4.78, 5) is 12.9. The predicted molar refractivity (Wildman–Crippen MR) is 71.6 cm³/mol. The molecule has 1 saturated heterocycles. The van der Waals surface area contributed by atoms with Crippen molar-refractivity contribution < 1.29 is 5.11 Å². The maximum Gasteiger partial charge on any atom is 0.166 e. The van der Waals surface area contributed by atoms with Gasteiger partial charge >= 0.3 is 0 Å². The lowest BCUT2D eigenvalue weighted by atomic mass is 10.1. The third-order valence-electron chi connectivity index (χ3n) is 3.22. The van der Waals surface area contributed by atoms with Crippen LogP contribution >= 0.6 is 11.8 Å². The van der Waals surface area contributed by atoms with E-state index >= 15 is 0 Å². The summed E-state index contributed by atoms with van der Waals surface area (Å²) in [6, 6.07) is 0. The maximum atomic E-state index is 9.20. The van der Waals surface area contributed by atoms with Crippen LogP contribution < -0.4 is 5.32 Å². The van der Waals surface area contributed by atoms with E-state index in [0.717, 1.165) is 29.2 Å². The van der Waals surface area contributed by atoms with E-state index in [1.807, 2.05) is 25.1 Å². The van der Waals surface area contributed by atoms with Crippen LogP contribution in [0, 0.1) is 5.92 Å². The molecule has 2 aromatic rings. The van der Waals surface area contributed by atoms with E-state index in [4.69, 9.17) is 0 Å². The van der Waals surface area contributed by atoms with E-state index in [1.54, 1.807) is 6.33 Å². The summed E-state index contributed by atoms with van der Waals surface area (Å²) in [7, 11) is 1.83. The number of hydrogen-bond donors (Lipinski definition) is 2. The Balaban J connectivity index is 1.98. The molecule has 0 spiro atoms. The van der Waals surface area contributed by atoms with Gasteiger partial charge in [0.05, 0.1) is 11.7 Å². The quantitative estimate of drug-likeness (QED) is 0.866. The molecule has 0 aliphatic carbocycles. The third kappa shape index (κ3) is 1.83. The van der Waals surface area contributed by atoms with Gasteiger partial charge in [0.15, 0.2) is 11.5 Å². The van der Waals surface area contributed by atoms with Gasteiger partial charge < -0.3 is 15.0 Å². The fourth-order valence-electron chi connectivity index (χ4n) is 2.24. The second-order valence-electron chi connectivity index (χ2n) is 4.37. The van der Waals surface area contributed by atoms with Gasteiger partial charge in [-0.2, -0.15) is 0 Å². The number of thioether (sulfide) groups is 1. The molecule has 1 aliphatic heterocycles. The van der Waals surface area contributed by atoms with Gasteiger partial charge in [-0.25, -0.2) is 15.0 Å². The molecule has 0 radical (unpaired) electrons. The van der Waals surface area contributed by atoms with Crippen molar-refractivity contribution in [2.24, 2.45) is 5.92 Å². The topological polar surface area (TPSA) is 75.9 Å². The highest BCUT2D eigenvalue weighted by Gasteiger charge is 2.27. The summed E-state index contributed by atoms with van der Waals surface area (Å²) < 4.78 is 2.08. The van der Waals surface area contributed by atoms with Gasteiger partial charge in [-0.3, -0.25) is 0 Å². The zero-order valence-corrected chi connectivity index (χ0v) is 10.9. The lowest BCUT2D eigenvalue weighted by molar-refractivity contribution is 0.233. The molecule has 2 aromatic heterocycles. The van der Waals surface area contributed by atoms with Crippen molar-refractivity contribution in [3.63, 3.8) is 0 Å². The van der Waals surface area contributed by atoms with Crippen molar-refractivity contribution >= 4 is 28.7 Å². The molecule has 2 atom stereocenters. The SMILES string of the molecule is CNc1ncnc2c1ncn2[C@@H]1C[C@H](CO)CS1. The highest BCUT2D eigenvalue weighted by atomic mass is 32.2. The molecular formula is C11H15N5OS. The minimum atomic E-state index is 0.257. The van der Waals surface area contributed by atoms with Crippen LogP contribution in [-0.2, 0) is 0 Å². The van der Waals surface area contributed by atoms with Gasteiger partial charge in [0.1, 0.15) is 11.8 Å². The standard InChI is InChI=1S/C11H15N5OS/c1-12-10-9-11(14-5-13-10)16(6-15-9)8-2-7(3-17)4-18-8/h5-8,17H,2-4H2,1H3,(H,12,13,14)/t7-,8+/m1/s1. The number of aliphatic hydroxyl groups is 1. The highest BCUT2D eigenvalue weighted by molar-refractivity contribution is 7.99. The van der Waals surface area contributed by atoms with Crippen LogP contribution in [0.5, 0.6) is 0 Å². The molecule has 0 unspecified atom stereocenters. The van der Waals surface area contributed by atoms with Gasteiger partial charge in [-0.15, -0.1) is 11.8 Å². The number of aliphatic hydroxyl groups excluding tert-OH is 1. The summed E-state index contributed by atoms with van der Waals surface area (Å²) in [6.45, 7) is 0.257. The average molecular weight is 265 g/mol. The fraction of sp³-hybridized carbons (Fsp3) is 0.545. The second-order valence-corrected chi connectivity index (χ2v) is 5.58. The van der Waals surface area contributed by atoms with E-state index in [2.05, 4.69) is 24.8 Å². The number of imidazole rings is 1. The first-order valence-electron chi connectivity index (χ1n) is 5.91. The second kappa shape index (κ2) is 4.74. The number of hydrogen-bond acceptors (Lipinski definition) is 6. The number of fused-ring (bicyclic) bond motifs is 1. The minimum absolute atomic E-state index is 0.257. The van der Waals surface area contributed by atoms with E-state index in [9.17, 15) is 5.11 Å². The first-order valence-corrected chi connectivity index (χ1v) is 6.96. The van der Waals surface area contributed by atoms with Crippen molar-refractivity contribution in [1.82, 2.24) is 19.5 Å². The Labute approximate surface area is 109 Å². The smallest absolute Gasteiger partial charge is 0.166 e. The van der Waals surface area contributed by atoms with Crippen molar-refractivity contribution in [3.8, 4) is 0 Å². The first-order chi connectivity index (χ1) is 8.83. The highest BCUT2D eigenvalue weighted by Crippen LogP contribution is 2.40. The van der Waals surface area contributed by atoms with Gasteiger partial charge in [0, 0.05) is 19.4 Å². The Morgan fingerprint density at radius 2 is 2.39 bits per heavy atom. The molecule has 2 N–H and O–H groups in total. The third-order valence-corrected chi connectivity index (χ3v) is 4.69. The van der Waals surface area contributed by atoms with Crippen molar-refractivity contribution in [2.45, 2.75) is 11.8 Å². The van der Waals surface area contributed by atoms with Crippen LogP contribution in [-0.4, -0.2) is 44.0 Å². The van der Waals surface area contributed by atoms with Crippen LogP contribution in [0.3, 0.4) is 0 Å². The normalized spacial score (nSPS) is 23.7. The zero-order chi connectivity index (χ0) is 12.5. The average Bonchev–Trinajstić information content (AvgIpc) is 3.03. The molecule has 0 saturated carbocycles. The number of anilines is 1. The molecule has 3 rings (SSSR count). The number of aromatic nitrogens is 4. The molecule has 0 bridgehead atoms. The van der Waals surface area contributed by atoms with Crippen molar-refractivity contribution in [1.29, 1.82) is 0 Å². The molecule has 0 amide bonds. The van der Waals surface area contributed by atoms with Crippen LogP contribution in [0.25, 0.3) is 11.2 Å². The zero-order valence-electron chi connectivity index (χ0n) is 10.1. The minimum Gasteiger partial charge on any atom is -0.396 e. The Kier molecular flexibility index (Phi) is 3.09. The Hall–Kier alpha value is -1.34. The van der Waals surface area contributed by atoms with Crippen molar-refractivity contribution in [3.05, 3.63) is 12.7 Å². The van der Waals surface area contributed by atoms with Crippen molar-refractivity contribution in [2.75, 3.05) is 24.7 Å². The van der Waals surface area contributed by atoms with E-state index in [1.165, 1.54) is 0 Å². The Morgan fingerprint density at radius 3 is 3.11 bits per heavy atom. The first kappa shape index (κ1) is 11.7. The van der Waals surface area contributed by atoms with E-state index in [0.29, 0.717) is 11.3 Å². The van der Waals surface area contributed by atoms with E-state index in [-0.39, 0.29) is 6.61 Å². The Morgan fingerprint density at radius 1 is 1.50 bits per heavy atom. The van der Waals surface area contributed by atoms with Gasteiger partial charge in [-0.05, 0) is 12.3 Å². The lowest BCUT2D eigenvalue weighted by Crippen LogP contribution is -2.07. The molecule has 3 heterocycles. The number of rotatable bonds is 3. The molecule has 18 heavy (non-hydrogen) atoms. The number of nitrogens with zero attached hydrogens (tertiary/aromatic N) is 4. The largest absolute Gasteiger partial charge is 0.396 e. The molecule has 6 nitrogen and oxygen atoms in total. The maximum absolute atomic E-state index is 9.20. The van der Waals surface area contributed by atoms with E-state index < -0.39 is 0 Å². The monoisotopic (exact) mass is 265 g/mol.